The summed E-state index contributed by atoms with van der Waals surface area (Å²) in [6.07, 6.45) is 23.6. The fraction of sp³-hybridized carbons (Fsp3) is 0.636. The molecule has 2 aliphatic rings. The van der Waals surface area contributed by atoms with Crippen LogP contribution in [0.1, 0.15) is 103 Å². The largest absolute Gasteiger partial charge is 0.486 e. The van der Waals surface area contributed by atoms with Gasteiger partial charge in [-0.25, -0.2) is 4.39 Å². The third kappa shape index (κ3) is 7.34. The number of allylic oxidation sites excluding steroid dienone is 1. The summed E-state index contributed by atoms with van der Waals surface area (Å²) in [6.45, 7) is 4.66. The second kappa shape index (κ2) is 13.5. The van der Waals surface area contributed by atoms with Crippen molar-refractivity contribution in [3.05, 3.63) is 53.9 Å². The van der Waals surface area contributed by atoms with E-state index in [9.17, 15) is 4.39 Å². The van der Waals surface area contributed by atoms with Gasteiger partial charge in [-0.2, -0.15) is 0 Å². The van der Waals surface area contributed by atoms with Crippen LogP contribution in [0, 0.1) is 29.5 Å². The van der Waals surface area contributed by atoms with Crippen molar-refractivity contribution < 1.29 is 9.13 Å². The first-order valence-electron chi connectivity index (χ1n) is 14.6. The summed E-state index contributed by atoms with van der Waals surface area (Å²) in [7, 11) is 0. The zero-order chi connectivity index (χ0) is 24.5. The molecule has 35 heavy (non-hydrogen) atoms. The van der Waals surface area contributed by atoms with Gasteiger partial charge < -0.3 is 4.74 Å². The first-order chi connectivity index (χ1) is 17.2. The van der Waals surface area contributed by atoms with Gasteiger partial charge in [-0.1, -0.05) is 94.7 Å². The molecule has 4 rings (SSSR count). The highest BCUT2D eigenvalue weighted by Crippen LogP contribution is 2.43. The molecule has 0 heterocycles. The van der Waals surface area contributed by atoms with Crippen molar-refractivity contribution in [3.63, 3.8) is 0 Å². The molecule has 0 bridgehead atoms. The molecule has 0 radical (unpaired) electrons. The van der Waals surface area contributed by atoms with E-state index in [1.807, 2.05) is 31.2 Å². The minimum Gasteiger partial charge on any atom is -0.486 e. The van der Waals surface area contributed by atoms with Crippen LogP contribution in [0.15, 0.2) is 42.5 Å². The minimum atomic E-state index is -0.244. The lowest BCUT2D eigenvalue weighted by atomic mass is 9.68. The summed E-state index contributed by atoms with van der Waals surface area (Å²) in [5.74, 6) is 4.00. The maximum absolute atomic E-state index is 14.8. The highest BCUT2D eigenvalue weighted by atomic mass is 19.1. The Bertz CT molecular complexity index is 932. The van der Waals surface area contributed by atoms with Crippen molar-refractivity contribution in [2.75, 3.05) is 6.61 Å². The number of hydrogen-bond acceptors (Lipinski definition) is 1. The van der Waals surface area contributed by atoms with Crippen LogP contribution in [0.3, 0.4) is 0 Å². The molecule has 2 aromatic rings. The lowest BCUT2D eigenvalue weighted by Crippen LogP contribution is -2.26. The number of rotatable bonds is 11. The van der Waals surface area contributed by atoms with Gasteiger partial charge in [-0.15, -0.1) is 0 Å². The number of unbranched alkanes of at least 4 members (excludes halogenated alkanes) is 2. The Morgan fingerprint density at radius 1 is 0.857 bits per heavy atom. The average Bonchev–Trinajstić information content (AvgIpc) is 2.90. The van der Waals surface area contributed by atoms with Gasteiger partial charge in [0.2, 0.25) is 0 Å². The Morgan fingerprint density at radius 2 is 1.54 bits per heavy atom. The van der Waals surface area contributed by atoms with Gasteiger partial charge in [-0.05, 0) is 86.1 Å². The Balaban J connectivity index is 1.21. The van der Waals surface area contributed by atoms with Crippen LogP contribution in [-0.2, 0) is 6.42 Å². The van der Waals surface area contributed by atoms with E-state index in [1.165, 1.54) is 89.0 Å². The normalized spacial score (nSPS) is 25.3. The standard InChI is InChI=1S/C33H47FO/c1-3-5-7-8-25-11-16-28(17-12-25)29-18-13-26(14-19-29)9-10-27-15-21-31-30(24-27)20-22-32(33(31)34)35-23-6-4-2/h4,6,15,20-22,24-26,28-29H,3,5,7-14,16-19,23H2,1-2H3. The Labute approximate surface area is 213 Å². The molecule has 0 unspecified atom stereocenters. The Morgan fingerprint density at radius 3 is 2.20 bits per heavy atom. The molecule has 0 atom stereocenters. The number of benzene rings is 2. The van der Waals surface area contributed by atoms with E-state index in [4.69, 9.17) is 4.74 Å². The molecule has 0 amide bonds. The fourth-order valence-corrected chi connectivity index (χ4v) is 6.77. The lowest BCUT2D eigenvalue weighted by molar-refractivity contribution is 0.140. The predicted molar refractivity (Wildman–Crippen MR) is 148 cm³/mol. The van der Waals surface area contributed by atoms with Crippen LogP contribution in [-0.4, -0.2) is 6.61 Å². The molecule has 2 aliphatic carbocycles. The SMILES string of the molecule is CC=CCOc1ccc2cc(CCC3CCC(C4CCC(CCCCC)CC4)CC3)ccc2c1F. The fourth-order valence-electron chi connectivity index (χ4n) is 6.77. The smallest absolute Gasteiger partial charge is 0.172 e. The lowest BCUT2D eigenvalue weighted by Gasteiger charge is -2.38. The van der Waals surface area contributed by atoms with Gasteiger partial charge in [-0.3, -0.25) is 0 Å². The second-order valence-electron chi connectivity index (χ2n) is 11.4. The molecule has 0 saturated heterocycles. The molecule has 1 nitrogen and oxygen atoms in total. The molecule has 0 spiro atoms. The topological polar surface area (TPSA) is 9.23 Å². The molecule has 2 heteroatoms. The van der Waals surface area contributed by atoms with Crippen molar-refractivity contribution >= 4 is 10.8 Å². The molecule has 192 valence electrons. The van der Waals surface area contributed by atoms with Crippen LogP contribution >= 0.6 is 0 Å². The quantitative estimate of drug-likeness (QED) is 0.230. The van der Waals surface area contributed by atoms with E-state index in [-0.39, 0.29) is 5.82 Å². The summed E-state index contributed by atoms with van der Waals surface area (Å²) < 4.78 is 20.4. The molecule has 0 N–H and O–H groups in total. The van der Waals surface area contributed by atoms with Gasteiger partial charge in [0.05, 0.1) is 0 Å². The monoisotopic (exact) mass is 478 g/mol. The summed E-state index contributed by atoms with van der Waals surface area (Å²) in [5, 5.41) is 1.64. The van der Waals surface area contributed by atoms with Crippen LogP contribution in [0.25, 0.3) is 10.8 Å². The predicted octanol–water partition coefficient (Wildman–Crippen LogP) is 10.1. The van der Waals surface area contributed by atoms with E-state index in [2.05, 4.69) is 19.1 Å². The van der Waals surface area contributed by atoms with Crippen molar-refractivity contribution in [2.45, 2.75) is 104 Å². The first kappa shape index (κ1) is 26.2. The van der Waals surface area contributed by atoms with Gasteiger partial charge in [0.1, 0.15) is 6.61 Å². The summed E-state index contributed by atoms with van der Waals surface area (Å²) >= 11 is 0. The number of aryl methyl sites for hydroxylation is 1. The van der Waals surface area contributed by atoms with Crippen LogP contribution in [0.5, 0.6) is 5.75 Å². The van der Waals surface area contributed by atoms with Gasteiger partial charge in [0.25, 0.3) is 0 Å². The average molecular weight is 479 g/mol. The Hall–Kier alpha value is -1.83. The van der Waals surface area contributed by atoms with Crippen molar-refractivity contribution in [3.8, 4) is 5.75 Å². The minimum absolute atomic E-state index is 0.244. The zero-order valence-electron chi connectivity index (χ0n) is 22.2. The van der Waals surface area contributed by atoms with E-state index in [1.54, 1.807) is 6.07 Å². The maximum atomic E-state index is 14.8. The summed E-state index contributed by atoms with van der Waals surface area (Å²) in [4.78, 5) is 0. The number of ether oxygens (including phenoxy) is 1. The summed E-state index contributed by atoms with van der Waals surface area (Å²) in [5.41, 5.74) is 1.34. The highest BCUT2D eigenvalue weighted by Gasteiger charge is 2.30. The van der Waals surface area contributed by atoms with E-state index in [0.717, 1.165) is 35.5 Å². The molecular weight excluding hydrogens is 431 g/mol. The van der Waals surface area contributed by atoms with E-state index >= 15 is 0 Å². The van der Waals surface area contributed by atoms with Gasteiger partial charge in [0, 0.05) is 5.39 Å². The van der Waals surface area contributed by atoms with Gasteiger partial charge in [0.15, 0.2) is 11.6 Å². The molecule has 2 saturated carbocycles. The van der Waals surface area contributed by atoms with E-state index in [0.29, 0.717) is 17.7 Å². The molecular formula is C33H47FO. The molecule has 0 aromatic heterocycles. The number of halogens is 1. The summed E-state index contributed by atoms with van der Waals surface area (Å²) in [6, 6.07) is 10.0. The van der Waals surface area contributed by atoms with Crippen LogP contribution in [0.2, 0.25) is 0 Å². The van der Waals surface area contributed by atoms with Gasteiger partial charge >= 0.3 is 0 Å². The second-order valence-corrected chi connectivity index (χ2v) is 11.4. The highest BCUT2D eigenvalue weighted by molar-refractivity contribution is 5.85. The maximum Gasteiger partial charge on any atom is 0.172 e. The van der Waals surface area contributed by atoms with Crippen LogP contribution in [0.4, 0.5) is 4.39 Å². The third-order valence-corrected chi connectivity index (χ3v) is 9.06. The van der Waals surface area contributed by atoms with Crippen molar-refractivity contribution in [1.29, 1.82) is 0 Å². The van der Waals surface area contributed by atoms with Crippen molar-refractivity contribution in [2.24, 2.45) is 23.7 Å². The molecule has 0 aliphatic heterocycles. The third-order valence-electron chi connectivity index (χ3n) is 9.06. The zero-order valence-corrected chi connectivity index (χ0v) is 22.2. The molecule has 2 aromatic carbocycles. The molecule has 2 fully saturated rings. The van der Waals surface area contributed by atoms with Crippen LogP contribution < -0.4 is 4.74 Å². The number of fused-ring (bicyclic) bond motifs is 1. The Kier molecular flexibility index (Phi) is 10.1. The number of hydrogen-bond donors (Lipinski definition) is 0. The van der Waals surface area contributed by atoms with E-state index < -0.39 is 0 Å². The first-order valence-corrected chi connectivity index (χ1v) is 14.6. The van der Waals surface area contributed by atoms with Crippen molar-refractivity contribution in [1.82, 2.24) is 0 Å².